The SMILES string of the molecule is Cc1ccc2c(c1)c1ccccc1n2-c1ccc(-c2nc(-c3ccccc3)nc(-c3ccccc3)n2)cc1-c1ccc(-c2cccc(N3c4ccccc4B4c5ccccc5N(c5ccccc5)c5cccc3c54)c2)cc1. The van der Waals surface area contributed by atoms with E-state index in [4.69, 9.17) is 15.0 Å². The standard InChI is InChI=1S/C70H47BN6/c1-46-35-41-62-57(43-46)55-27-11-14-30-60(55)77(62)61-42-40-52(70-73-68(49-19-5-2-6-20-49)72-69(74-70)50-21-7-3-8-22-50)45-56(61)48-38-36-47(37-39-48)51-23-17-26-54(44-51)76-64-32-16-13-29-59(64)71-58-28-12-15-31-63(58)75(53-24-9-4-10-25-53)65-33-18-34-66(76)67(65)71/h2-45H,1H3. The van der Waals surface area contributed by atoms with Gasteiger partial charge >= 0.3 is 0 Å². The molecule has 0 atom stereocenters. The van der Waals surface area contributed by atoms with Crippen LogP contribution in [-0.4, -0.2) is 26.2 Å². The highest BCUT2D eigenvalue weighted by atomic mass is 15.2. The lowest BCUT2D eigenvalue weighted by Crippen LogP contribution is -2.61. The summed E-state index contributed by atoms with van der Waals surface area (Å²) in [5.74, 6) is 1.87. The second kappa shape index (κ2) is 18.1. The Hall–Kier alpha value is -10.1. The molecular weight excluding hydrogens is 936 g/mol. The summed E-state index contributed by atoms with van der Waals surface area (Å²) < 4.78 is 2.42. The van der Waals surface area contributed by atoms with Crippen LogP contribution in [-0.2, 0) is 0 Å². The lowest BCUT2D eigenvalue weighted by Gasteiger charge is -2.44. The molecule has 15 rings (SSSR count). The van der Waals surface area contributed by atoms with Gasteiger partial charge in [-0.15, -0.1) is 0 Å². The Labute approximate surface area is 447 Å². The fourth-order valence-corrected chi connectivity index (χ4v) is 12.0. The molecule has 0 fully saturated rings. The largest absolute Gasteiger partial charge is 0.311 e. The second-order valence-electron chi connectivity index (χ2n) is 20.0. The van der Waals surface area contributed by atoms with Crippen LogP contribution in [0.3, 0.4) is 0 Å². The first kappa shape index (κ1) is 44.4. The predicted octanol–water partition coefficient (Wildman–Crippen LogP) is 15.7. The number of aromatic nitrogens is 4. The summed E-state index contributed by atoms with van der Waals surface area (Å²) in [6.07, 6.45) is 0. The summed E-state index contributed by atoms with van der Waals surface area (Å²) >= 11 is 0. The maximum atomic E-state index is 5.17. The van der Waals surface area contributed by atoms with Crippen LogP contribution < -0.4 is 26.2 Å². The van der Waals surface area contributed by atoms with E-state index in [1.165, 1.54) is 55.5 Å². The zero-order valence-corrected chi connectivity index (χ0v) is 42.2. The molecule has 77 heavy (non-hydrogen) atoms. The van der Waals surface area contributed by atoms with Crippen molar-refractivity contribution in [2.75, 3.05) is 9.80 Å². The van der Waals surface area contributed by atoms with Gasteiger partial charge < -0.3 is 14.4 Å². The maximum Gasteiger partial charge on any atom is 0.252 e. The highest BCUT2D eigenvalue weighted by Crippen LogP contribution is 2.45. The smallest absolute Gasteiger partial charge is 0.252 e. The lowest BCUT2D eigenvalue weighted by atomic mass is 9.33. The van der Waals surface area contributed by atoms with Gasteiger partial charge in [-0.2, -0.15) is 0 Å². The first-order chi connectivity index (χ1) is 38.1. The van der Waals surface area contributed by atoms with Crippen LogP contribution in [0.25, 0.3) is 83.9 Å². The molecule has 0 spiro atoms. The monoisotopic (exact) mass is 982 g/mol. The van der Waals surface area contributed by atoms with E-state index in [0.717, 1.165) is 67.0 Å². The lowest BCUT2D eigenvalue weighted by molar-refractivity contribution is 1.07. The summed E-state index contributed by atoms with van der Waals surface area (Å²) in [6, 6.07) is 96.0. The molecule has 0 amide bonds. The van der Waals surface area contributed by atoms with Crippen LogP contribution in [0.1, 0.15) is 5.56 Å². The van der Waals surface area contributed by atoms with Gasteiger partial charge in [-0.25, -0.2) is 15.0 Å². The fraction of sp³-hybridized carbons (Fsp3) is 0.0143. The molecule has 0 bridgehead atoms. The van der Waals surface area contributed by atoms with E-state index in [1.54, 1.807) is 0 Å². The summed E-state index contributed by atoms with van der Waals surface area (Å²) in [7, 11) is 0. The third kappa shape index (κ3) is 7.38. The van der Waals surface area contributed by atoms with Crippen molar-refractivity contribution >= 4 is 79.0 Å². The van der Waals surface area contributed by atoms with Crippen molar-refractivity contribution in [2.45, 2.75) is 6.92 Å². The highest BCUT2D eigenvalue weighted by molar-refractivity contribution is 7.00. The van der Waals surface area contributed by atoms with Crippen molar-refractivity contribution in [1.29, 1.82) is 0 Å². The zero-order valence-electron chi connectivity index (χ0n) is 42.2. The molecule has 360 valence electrons. The summed E-state index contributed by atoms with van der Waals surface area (Å²) in [5, 5.41) is 2.44. The fourth-order valence-electron chi connectivity index (χ4n) is 12.0. The van der Waals surface area contributed by atoms with E-state index in [1.807, 2.05) is 36.4 Å². The van der Waals surface area contributed by atoms with Crippen LogP contribution in [0.15, 0.2) is 267 Å². The molecule has 2 aliphatic heterocycles. The number of hydrogen-bond acceptors (Lipinski definition) is 5. The number of fused-ring (bicyclic) bond motifs is 7. The molecule has 7 heteroatoms. The van der Waals surface area contributed by atoms with E-state index in [2.05, 4.69) is 252 Å². The van der Waals surface area contributed by atoms with Crippen molar-refractivity contribution in [3.8, 4) is 62.1 Å². The van der Waals surface area contributed by atoms with Crippen LogP contribution in [0.5, 0.6) is 0 Å². The Morgan fingerprint density at radius 3 is 1.48 bits per heavy atom. The van der Waals surface area contributed by atoms with E-state index in [9.17, 15) is 0 Å². The van der Waals surface area contributed by atoms with Crippen molar-refractivity contribution < 1.29 is 0 Å². The summed E-state index contributed by atoms with van der Waals surface area (Å²) in [4.78, 5) is 20.3. The predicted molar refractivity (Wildman–Crippen MR) is 320 cm³/mol. The Bertz CT molecular complexity index is 4360. The van der Waals surface area contributed by atoms with Gasteiger partial charge in [-0.3, -0.25) is 0 Å². The third-order valence-electron chi connectivity index (χ3n) is 15.5. The molecule has 13 aromatic rings. The number of aryl methyl sites for hydroxylation is 1. The van der Waals surface area contributed by atoms with Gasteiger partial charge in [-0.1, -0.05) is 188 Å². The van der Waals surface area contributed by atoms with E-state index >= 15 is 0 Å². The normalized spacial score (nSPS) is 12.4. The van der Waals surface area contributed by atoms with Crippen LogP contribution >= 0.6 is 0 Å². The molecule has 0 aliphatic carbocycles. The Kier molecular flexibility index (Phi) is 10.4. The molecule has 0 saturated carbocycles. The number of hydrogen-bond donors (Lipinski definition) is 0. The molecule has 11 aromatic carbocycles. The van der Waals surface area contributed by atoms with Gasteiger partial charge in [0.05, 0.1) is 16.7 Å². The molecule has 4 heterocycles. The minimum absolute atomic E-state index is 0.0810. The average molecular weight is 983 g/mol. The molecule has 2 aromatic heterocycles. The number of rotatable bonds is 8. The first-order valence-electron chi connectivity index (χ1n) is 26.3. The number of nitrogens with zero attached hydrogens (tertiary/aromatic N) is 6. The molecule has 0 saturated heterocycles. The van der Waals surface area contributed by atoms with Crippen molar-refractivity contribution in [2.24, 2.45) is 0 Å². The molecule has 0 unspecified atom stereocenters. The second-order valence-corrected chi connectivity index (χ2v) is 20.0. The average Bonchev–Trinajstić information content (AvgIpc) is 3.86. The highest BCUT2D eigenvalue weighted by Gasteiger charge is 2.42. The van der Waals surface area contributed by atoms with E-state index in [-0.39, 0.29) is 6.71 Å². The van der Waals surface area contributed by atoms with Gasteiger partial charge in [-0.05, 0) is 125 Å². The van der Waals surface area contributed by atoms with Gasteiger partial charge in [0, 0.05) is 67.2 Å². The Morgan fingerprint density at radius 2 is 0.805 bits per heavy atom. The zero-order chi connectivity index (χ0) is 51.0. The minimum atomic E-state index is 0.0810. The van der Waals surface area contributed by atoms with Crippen LogP contribution in [0, 0.1) is 6.92 Å². The topological polar surface area (TPSA) is 50.1 Å². The van der Waals surface area contributed by atoms with Gasteiger partial charge in [0.15, 0.2) is 17.5 Å². The summed E-state index contributed by atoms with van der Waals surface area (Å²) in [6.45, 7) is 2.25. The quantitative estimate of drug-likeness (QED) is 0.142. The number of anilines is 6. The van der Waals surface area contributed by atoms with Crippen LogP contribution in [0.2, 0.25) is 0 Å². The molecule has 0 N–H and O–H groups in total. The molecule has 2 aliphatic rings. The first-order valence-corrected chi connectivity index (χ1v) is 26.3. The molecule has 6 nitrogen and oxygen atoms in total. The number of para-hydroxylation sites is 4. The van der Waals surface area contributed by atoms with E-state index < -0.39 is 0 Å². The van der Waals surface area contributed by atoms with Gasteiger partial charge in [0.1, 0.15) is 0 Å². The van der Waals surface area contributed by atoms with Crippen LogP contribution in [0.4, 0.5) is 34.1 Å². The van der Waals surface area contributed by atoms with Crippen molar-refractivity contribution in [3.05, 3.63) is 272 Å². The maximum absolute atomic E-state index is 5.17. The third-order valence-corrected chi connectivity index (χ3v) is 15.5. The summed E-state index contributed by atoms with van der Waals surface area (Å²) in [5.41, 5.74) is 22.7. The van der Waals surface area contributed by atoms with Crippen molar-refractivity contribution in [1.82, 2.24) is 19.5 Å². The Morgan fingerprint density at radius 1 is 0.312 bits per heavy atom. The minimum Gasteiger partial charge on any atom is -0.311 e. The van der Waals surface area contributed by atoms with Crippen molar-refractivity contribution in [3.63, 3.8) is 0 Å². The molecule has 0 radical (unpaired) electrons. The number of benzene rings is 11. The van der Waals surface area contributed by atoms with Gasteiger partial charge in [0.25, 0.3) is 6.71 Å². The molecular formula is C70H47BN6. The van der Waals surface area contributed by atoms with Gasteiger partial charge in [0.2, 0.25) is 0 Å². The Balaban J connectivity index is 0.868. The van der Waals surface area contributed by atoms with E-state index in [0.29, 0.717) is 17.5 Å².